The summed E-state index contributed by atoms with van der Waals surface area (Å²) in [7, 11) is 0. The Bertz CT molecular complexity index is 147. The SMILES string of the molecule is C=O.CC(C)(N)CO.CC1(C)COCN1. The Morgan fingerprint density at radius 1 is 1.53 bits per heavy atom. The monoisotopic (exact) mass is 220 g/mol. The predicted molar refractivity (Wildman–Crippen MR) is 60.5 cm³/mol. The molecule has 1 saturated heterocycles. The first-order valence-electron chi connectivity index (χ1n) is 4.78. The van der Waals surface area contributed by atoms with Crippen molar-refractivity contribution in [2.75, 3.05) is 19.9 Å². The molecule has 1 aliphatic heterocycles. The lowest BCUT2D eigenvalue weighted by molar-refractivity contribution is -0.0979. The van der Waals surface area contributed by atoms with Crippen molar-refractivity contribution in [3.8, 4) is 0 Å². The number of hydrogen-bond donors (Lipinski definition) is 3. The molecule has 0 aromatic carbocycles. The molecule has 0 saturated carbocycles. The third kappa shape index (κ3) is 13.5. The van der Waals surface area contributed by atoms with Crippen molar-refractivity contribution in [1.82, 2.24) is 5.32 Å². The van der Waals surface area contributed by atoms with E-state index in [1.165, 1.54) is 0 Å². The number of rotatable bonds is 1. The quantitative estimate of drug-likeness (QED) is 0.573. The summed E-state index contributed by atoms with van der Waals surface area (Å²) in [6, 6.07) is 0. The number of aliphatic hydroxyl groups is 1. The van der Waals surface area contributed by atoms with Crippen LogP contribution in [0.3, 0.4) is 0 Å². The van der Waals surface area contributed by atoms with Crippen molar-refractivity contribution in [2.45, 2.75) is 38.8 Å². The molecule has 0 amide bonds. The van der Waals surface area contributed by atoms with Gasteiger partial charge in [0.05, 0.1) is 19.9 Å². The highest BCUT2D eigenvalue weighted by Gasteiger charge is 2.21. The average Bonchev–Trinajstić information content (AvgIpc) is 2.53. The highest BCUT2D eigenvalue weighted by atomic mass is 16.5. The highest BCUT2D eigenvalue weighted by Crippen LogP contribution is 2.06. The predicted octanol–water partition coefficient (Wildman–Crippen LogP) is -0.127. The third-order valence-electron chi connectivity index (χ3n) is 1.52. The topological polar surface area (TPSA) is 84.6 Å². The summed E-state index contributed by atoms with van der Waals surface area (Å²) in [6.45, 7) is 11.4. The zero-order valence-electron chi connectivity index (χ0n) is 10.2. The van der Waals surface area contributed by atoms with Crippen LogP contribution in [0.5, 0.6) is 0 Å². The molecule has 5 nitrogen and oxygen atoms in total. The van der Waals surface area contributed by atoms with Crippen LogP contribution in [0.1, 0.15) is 27.7 Å². The molecule has 0 spiro atoms. The maximum absolute atomic E-state index is 8.28. The molecule has 0 bridgehead atoms. The minimum atomic E-state index is -0.403. The molecule has 92 valence electrons. The van der Waals surface area contributed by atoms with E-state index in [-0.39, 0.29) is 12.1 Å². The van der Waals surface area contributed by atoms with Crippen molar-refractivity contribution >= 4 is 6.79 Å². The molecule has 0 aromatic heterocycles. The second-order valence-electron chi connectivity index (χ2n) is 4.70. The first-order chi connectivity index (χ1) is 6.77. The summed E-state index contributed by atoms with van der Waals surface area (Å²) in [5, 5.41) is 11.5. The maximum Gasteiger partial charge on any atom is 0.106 e. The molecule has 0 atom stereocenters. The fourth-order valence-corrected chi connectivity index (χ4v) is 0.604. The molecule has 0 aliphatic carbocycles. The number of carbonyl (C=O) groups excluding carboxylic acids is 1. The Kier molecular flexibility index (Phi) is 8.75. The average molecular weight is 220 g/mol. The van der Waals surface area contributed by atoms with Crippen molar-refractivity contribution in [3.63, 3.8) is 0 Å². The fourth-order valence-electron chi connectivity index (χ4n) is 0.604. The molecule has 1 aliphatic rings. The van der Waals surface area contributed by atoms with Crippen molar-refractivity contribution in [3.05, 3.63) is 0 Å². The van der Waals surface area contributed by atoms with Gasteiger partial charge in [0.15, 0.2) is 0 Å². The van der Waals surface area contributed by atoms with Gasteiger partial charge in [0.1, 0.15) is 6.79 Å². The lowest BCUT2D eigenvalue weighted by Crippen LogP contribution is -2.35. The maximum atomic E-state index is 8.28. The molecule has 4 N–H and O–H groups in total. The van der Waals surface area contributed by atoms with E-state index in [0.717, 1.165) is 6.61 Å². The molecular formula is C10H24N2O3. The van der Waals surface area contributed by atoms with Crippen molar-refractivity contribution in [2.24, 2.45) is 5.73 Å². The van der Waals surface area contributed by atoms with Gasteiger partial charge in [-0.3, -0.25) is 5.32 Å². The number of ether oxygens (including phenoxy) is 1. The van der Waals surface area contributed by atoms with Gasteiger partial charge in [-0.25, -0.2) is 0 Å². The number of carbonyl (C=O) groups is 1. The lowest BCUT2D eigenvalue weighted by Gasteiger charge is -2.12. The minimum absolute atomic E-state index is 0.0486. The Hall–Kier alpha value is -0.490. The van der Waals surface area contributed by atoms with Crippen LogP contribution in [0, 0.1) is 0 Å². The number of hydrogen-bond acceptors (Lipinski definition) is 5. The van der Waals surface area contributed by atoms with E-state index in [1.807, 2.05) is 6.79 Å². The zero-order chi connectivity index (χ0) is 12.5. The van der Waals surface area contributed by atoms with Gasteiger partial charge in [0.2, 0.25) is 0 Å². The van der Waals surface area contributed by atoms with Crippen LogP contribution >= 0.6 is 0 Å². The Balaban J connectivity index is 0. The van der Waals surface area contributed by atoms with E-state index in [0.29, 0.717) is 6.73 Å². The van der Waals surface area contributed by atoms with Crippen molar-refractivity contribution in [1.29, 1.82) is 0 Å². The van der Waals surface area contributed by atoms with Crippen LogP contribution in [-0.2, 0) is 9.53 Å². The summed E-state index contributed by atoms with van der Waals surface area (Å²) in [4.78, 5) is 8.00. The molecule has 0 radical (unpaired) electrons. The van der Waals surface area contributed by atoms with Gasteiger partial charge >= 0.3 is 0 Å². The summed E-state index contributed by atoms with van der Waals surface area (Å²) in [6.07, 6.45) is 0. The highest BCUT2D eigenvalue weighted by molar-refractivity contribution is 5.10. The van der Waals surface area contributed by atoms with Crippen LogP contribution < -0.4 is 11.1 Å². The van der Waals surface area contributed by atoms with E-state index < -0.39 is 5.54 Å². The van der Waals surface area contributed by atoms with Gasteiger partial charge in [-0.15, -0.1) is 0 Å². The van der Waals surface area contributed by atoms with Crippen LogP contribution in [0.15, 0.2) is 0 Å². The summed E-state index contributed by atoms with van der Waals surface area (Å²) in [5.74, 6) is 0. The third-order valence-corrected chi connectivity index (χ3v) is 1.52. The summed E-state index contributed by atoms with van der Waals surface area (Å²) < 4.78 is 5.05. The van der Waals surface area contributed by atoms with E-state index >= 15 is 0 Å². The second kappa shape index (κ2) is 7.76. The van der Waals surface area contributed by atoms with Gasteiger partial charge < -0.3 is 20.4 Å². The first-order valence-corrected chi connectivity index (χ1v) is 4.78. The van der Waals surface area contributed by atoms with Gasteiger partial charge in [-0.2, -0.15) is 0 Å². The molecule has 0 unspecified atom stereocenters. The Morgan fingerprint density at radius 2 is 1.93 bits per heavy atom. The van der Waals surface area contributed by atoms with E-state index in [9.17, 15) is 0 Å². The minimum Gasteiger partial charge on any atom is -0.394 e. The molecular weight excluding hydrogens is 196 g/mol. The molecule has 15 heavy (non-hydrogen) atoms. The lowest BCUT2D eigenvalue weighted by atomic mass is 10.1. The molecule has 1 fully saturated rings. The fraction of sp³-hybridized carbons (Fsp3) is 0.900. The largest absolute Gasteiger partial charge is 0.394 e. The Labute approximate surface area is 92.0 Å². The zero-order valence-corrected chi connectivity index (χ0v) is 10.2. The smallest absolute Gasteiger partial charge is 0.106 e. The standard InChI is InChI=1S/C5H11NO.C4H11NO.CH2O/c1-5(2)3-7-4-6-5;1-4(2,5)3-6;1-2/h6H,3-4H2,1-2H3;6H,3,5H2,1-2H3;1H2. The second-order valence-corrected chi connectivity index (χ2v) is 4.70. The number of nitrogens with two attached hydrogens (primary N) is 1. The van der Waals surface area contributed by atoms with E-state index in [1.54, 1.807) is 13.8 Å². The number of aliphatic hydroxyl groups excluding tert-OH is 1. The molecule has 1 rings (SSSR count). The van der Waals surface area contributed by atoms with E-state index in [2.05, 4.69) is 19.2 Å². The van der Waals surface area contributed by atoms with Crippen molar-refractivity contribution < 1.29 is 14.6 Å². The number of nitrogens with one attached hydrogen (secondary N) is 1. The normalized spacial score (nSPS) is 18.3. The molecule has 1 heterocycles. The van der Waals surface area contributed by atoms with Gasteiger partial charge in [-0.05, 0) is 27.7 Å². The summed E-state index contributed by atoms with van der Waals surface area (Å²) in [5.41, 5.74) is 5.10. The van der Waals surface area contributed by atoms with Gasteiger partial charge in [0.25, 0.3) is 0 Å². The van der Waals surface area contributed by atoms with Crippen LogP contribution in [-0.4, -0.2) is 42.9 Å². The van der Waals surface area contributed by atoms with E-state index in [4.69, 9.17) is 20.4 Å². The van der Waals surface area contributed by atoms with Crippen LogP contribution in [0.2, 0.25) is 0 Å². The van der Waals surface area contributed by atoms with Gasteiger partial charge in [-0.1, -0.05) is 0 Å². The summed E-state index contributed by atoms with van der Waals surface area (Å²) >= 11 is 0. The van der Waals surface area contributed by atoms with Crippen LogP contribution in [0.25, 0.3) is 0 Å². The van der Waals surface area contributed by atoms with Crippen LogP contribution in [0.4, 0.5) is 0 Å². The Morgan fingerprint density at radius 3 is 2.00 bits per heavy atom. The molecule has 5 heteroatoms. The first kappa shape index (κ1) is 16.9. The molecule has 0 aromatic rings. The van der Waals surface area contributed by atoms with Gasteiger partial charge in [0, 0.05) is 11.1 Å².